The Morgan fingerprint density at radius 3 is 2.61 bits per heavy atom. The molecule has 0 atom stereocenters. The van der Waals surface area contributed by atoms with Crippen molar-refractivity contribution in [2.24, 2.45) is 0 Å². The Kier molecular flexibility index (Phi) is 4.04. The molecule has 0 aliphatic carbocycles. The number of hydrogen-bond acceptors (Lipinski definition) is 2. The molecule has 2 aromatic carbocycles. The molecule has 0 aliphatic heterocycles. The number of hydrogen-bond donors (Lipinski definition) is 1. The van der Waals surface area contributed by atoms with Gasteiger partial charge in [0.25, 0.3) is 0 Å². The highest BCUT2D eigenvalue weighted by Crippen LogP contribution is 2.31. The van der Waals surface area contributed by atoms with E-state index in [1.807, 2.05) is 24.3 Å². The van der Waals surface area contributed by atoms with Crippen LogP contribution in [-0.2, 0) is 0 Å². The first kappa shape index (κ1) is 13.1. The SMILES string of the molecule is O=C(O)c1ccc(Sc2cccc(Br)c2)c(F)c1. The number of carboxylic acid groups (broad SMARTS) is 1. The van der Waals surface area contributed by atoms with Gasteiger partial charge in [0.2, 0.25) is 0 Å². The molecule has 0 heterocycles. The summed E-state index contributed by atoms with van der Waals surface area (Å²) in [7, 11) is 0. The molecule has 0 aromatic heterocycles. The summed E-state index contributed by atoms with van der Waals surface area (Å²) < 4.78 is 14.6. The Hall–Kier alpha value is -1.33. The smallest absolute Gasteiger partial charge is 0.335 e. The summed E-state index contributed by atoms with van der Waals surface area (Å²) in [6, 6.07) is 11.4. The molecule has 5 heteroatoms. The molecule has 0 radical (unpaired) electrons. The van der Waals surface area contributed by atoms with Gasteiger partial charge in [-0.1, -0.05) is 33.8 Å². The first-order valence-corrected chi connectivity index (χ1v) is 6.63. The van der Waals surface area contributed by atoms with Gasteiger partial charge in [-0.2, -0.15) is 0 Å². The third-order valence-electron chi connectivity index (χ3n) is 2.20. The Bertz CT molecular complexity index is 601. The summed E-state index contributed by atoms with van der Waals surface area (Å²) in [5.74, 6) is -1.66. The minimum Gasteiger partial charge on any atom is -0.478 e. The van der Waals surface area contributed by atoms with Crippen LogP contribution in [0.4, 0.5) is 4.39 Å². The summed E-state index contributed by atoms with van der Waals surface area (Å²) in [5.41, 5.74) is -0.0499. The summed E-state index contributed by atoms with van der Waals surface area (Å²) in [6.07, 6.45) is 0. The van der Waals surface area contributed by atoms with Crippen molar-refractivity contribution < 1.29 is 14.3 Å². The number of carboxylic acids is 1. The molecule has 2 nitrogen and oxygen atoms in total. The van der Waals surface area contributed by atoms with E-state index in [-0.39, 0.29) is 5.56 Å². The van der Waals surface area contributed by atoms with E-state index in [9.17, 15) is 9.18 Å². The first-order chi connectivity index (χ1) is 8.56. The van der Waals surface area contributed by atoms with Crippen LogP contribution in [-0.4, -0.2) is 11.1 Å². The second-order valence-corrected chi connectivity index (χ2v) is 5.54. The summed E-state index contributed by atoms with van der Waals surface area (Å²) in [4.78, 5) is 12.0. The Morgan fingerprint density at radius 2 is 2.00 bits per heavy atom. The van der Waals surface area contributed by atoms with E-state index in [1.54, 1.807) is 0 Å². The minimum absolute atomic E-state index is 0.0499. The van der Waals surface area contributed by atoms with E-state index in [2.05, 4.69) is 15.9 Å². The lowest BCUT2D eigenvalue weighted by atomic mass is 10.2. The second-order valence-electron chi connectivity index (χ2n) is 3.51. The molecule has 0 saturated heterocycles. The van der Waals surface area contributed by atoms with Gasteiger partial charge < -0.3 is 5.11 Å². The lowest BCUT2D eigenvalue weighted by Gasteiger charge is -2.04. The van der Waals surface area contributed by atoms with E-state index in [0.29, 0.717) is 4.90 Å². The Balaban J connectivity index is 2.27. The molecule has 2 aromatic rings. The van der Waals surface area contributed by atoms with Crippen LogP contribution >= 0.6 is 27.7 Å². The van der Waals surface area contributed by atoms with Crippen molar-refractivity contribution in [3.8, 4) is 0 Å². The topological polar surface area (TPSA) is 37.3 Å². The van der Waals surface area contributed by atoms with Crippen LogP contribution in [0.2, 0.25) is 0 Å². The molecule has 2 rings (SSSR count). The number of halogens is 2. The molecule has 0 amide bonds. The van der Waals surface area contributed by atoms with Crippen LogP contribution in [0.25, 0.3) is 0 Å². The summed E-state index contributed by atoms with van der Waals surface area (Å²) in [6.45, 7) is 0. The quantitative estimate of drug-likeness (QED) is 0.906. The maximum atomic E-state index is 13.7. The monoisotopic (exact) mass is 326 g/mol. The predicted octanol–water partition coefficient (Wildman–Crippen LogP) is 4.44. The fraction of sp³-hybridized carbons (Fsp3) is 0. The zero-order chi connectivity index (χ0) is 13.1. The predicted molar refractivity (Wildman–Crippen MR) is 71.6 cm³/mol. The van der Waals surface area contributed by atoms with Gasteiger partial charge in [-0.05, 0) is 36.4 Å². The molecular weight excluding hydrogens is 319 g/mol. The van der Waals surface area contributed by atoms with Crippen LogP contribution in [0.15, 0.2) is 56.7 Å². The maximum absolute atomic E-state index is 13.7. The third-order valence-corrected chi connectivity index (χ3v) is 3.74. The highest BCUT2D eigenvalue weighted by atomic mass is 79.9. The molecule has 1 N–H and O–H groups in total. The van der Waals surface area contributed by atoms with Crippen molar-refractivity contribution in [2.45, 2.75) is 9.79 Å². The van der Waals surface area contributed by atoms with Crippen molar-refractivity contribution in [3.05, 3.63) is 58.3 Å². The zero-order valence-electron chi connectivity index (χ0n) is 9.06. The molecule has 0 aliphatic rings. The Morgan fingerprint density at radius 1 is 1.22 bits per heavy atom. The van der Waals surface area contributed by atoms with Gasteiger partial charge in [0.1, 0.15) is 5.82 Å². The van der Waals surface area contributed by atoms with E-state index in [1.165, 1.54) is 23.9 Å². The van der Waals surface area contributed by atoms with E-state index < -0.39 is 11.8 Å². The lowest BCUT2D eigenvalue weighted by molar-refractivity contribution is 0.0696. The van der Waals surface area contributed by atoms with Gasteiger partial charge in [-0.15, -0.1) is 0 Å². The standard InChI is InChI=1S/C13H8BrFO2S/c14-9-2-1-3-10(7-9)18-12-5-4-8(13(16)17)6-11(12)15/h1-7H,(H,16,17). The molecular formula is C13H8BrFO2S. The molecule has 0 unspecified atom stereocenters. The van der Waals surface area contributed by atoms with Crippen LogP contribution < -0.4 is 0 Å². The molecule has 92 valence electrons. The summed E-state index contributed by atoms with van der Waals surface area (Å²) >= 11 is 4.59. The van der Waals surface area contributed by atoms with Gasteiger partial charge >= 0.3 is 5.97 Å². The second kappa shape index (κ2) is 5.54. The average Bonchev–Trinajstić information content (AvgIpc) is 2.31. The lowest BCUT2D eigenvalue weighted by Crippen LogP contribution is -1.97. The number of rotatable bonds is 3. The zero-order valence-corrected chi connectivity index (χ0v) is 11.5. The van der Waals surface area contributed by atoms with Gasteiger partial charge in [0, 0.05) is 14.3 Å². The van der Waals surface area contributed by atoms with Crippen LogP contribution in [0.5, 0.6) is 0 Å². The molecule has 0 spiro atoms. The van der Waals surface area contributed by atoms with Crippen LogP contribution in [0, 0.1) is 5.82 Å². The molecule has 0 bridgehead atoms. The van der Waals surface area contributed by atoms with E-state index >= 15 is 0 Å². The molecule has 0 fully saturated rings. The van der Waals surface area contributed by atoms with Crippen molar-refractivity contribution >= 4 is 33.7 Å². The summed E-state index contributed by atoms with van der Waals surface area (Å²) in [5, 5.41) is 8.75. The van der Waals surface area contributed by atoms with Crippen molar-refractivity contribution in [1.29, 1.82) is 0 Å². The van der Waals surface area contributed by atoms with Gasteiger partial charge in [0.15, 0.2) is 0 Å². The maximum Gasteiger partial charge on any atom is 0.335 e. The fourth-order valence-electron chi connectivity index (χ4n) is 1.37. The largest absolute Gasteiger partial charge is 0.478 e. The van der Waals surface area contributed by atoms with Crippen molar-refractivity contribution in [3.63, 3.8) is 0 Å². The fourth-order valence-corrected chi connectivity index (χ4v) is 2.80. The van der Waals surface area contributed by atoms with Crippen LogP contribution in [0.1, 0.15) is 10.4 Å². The van der Waals surface area contributed by atoms with Gasteiger partial charge in [-0.25, -0.2) is 9.18 Å². The average molecular weight is 327 g/mol. The van der Waals surface area contributed by atoms with Crippen LogP contribution in [0.3, 0.4) is 0 Å². The molecule has 18 heavy (non-hydrogen) atoms. The van der Waals surface area contributed by atoms with Gasteiger partial charge in [0.05, 0.1) is 5.56 Å². The third kappa shape index (κ3) is 3.11. The Labute approximate surface area is 116 Å². The van der Waals surface area contributed by atoms with E-state index in [0.717, 1.165) is 15.4 Å². The van der Waals surface area contributed by atoms with Crippen molar-refractivity contribution in [1.82, 2.24) is 0 Å². The highest BCUT2D eigenvalue weighted by molar-refractivity contribution is 9.10. The first-order valence-electron chi connectivity index (χ1n) is 5.02. The van der Waals surface area contributed by atoms with Gasteiger partial charge in [-0.3, -0.25) is 0 Å². The number of benzene rings is 2. The number of carbonyl (C=O) groups is 1. The number of aromatic carboxylic acids is 1. The van der Waals surface area contributed by atoms with E-state index in [4.69, 9.17) is 5.11 Å². The van der Waals surface area contributed by atoms with Crippen molar-refractivity contribution in [2.75, 3.05) is 0 Å². The normalized spacial score (nSPS) is 10.3. The molecule has 0 saturated carbocycles. The highest BCUT2D eigenvalue weighted by Gasteiger charge is 2.09. The minimum atomic E-state index is -1.13.